The molecule has 0 aliphatic heterocycles. The molecule has 0 aliphatic carbocycles. The Balaban J connectivity index is 0. The Kier molecular flexibility index (Phi) is 16.1. The van der Waals surface area contributed by atoms with Gasteiger partial charge in [-0.3, -0.25) is 0 Å². The van der Waals surface area contributed by atoms with Crippen molar-refractivity contribution in [3.63, 3.8) is 0 Å². The van der Waals surface area contributed by atoms with Gasteiger partial charge in [0, 0.05) is 4.90 Å². The van der Waals surface area contributed by atoms with Crippen molar-refractivity contribution in [1.82, 2.24) is 0 Å². The van der Waals surface area contributed by atoms with Gasteiger partial charge in [-0.15, -0.1) is 0 Å². The second-order valence-corrected chi connectivity index (χ2v) is 2.92. The van der Waals surface area contributed by atoms with Gasteiger partial charge in [0.05, 0.1) is 18.4 Å². The maximum atomic E-state index is 12.0. The van der Waals surface area contributed by atoms with E-state index in [2.05, 4.69) is 5.16 Å². The summed E-state index contributed by atoms with van der Waals surface area (Å²) in [5.41, 5.74) is 0.895. The average Bonchev–Trinajstić information content (AvgIpc) is 2.44. The zero-order valence-electron chi connectivity index (χ0n) is 11.2. The first-order chi connectivity index (χ1) is 8.36. The Labute approximate surface area is 109 Å². The van der Waals surface area contributed by atoms with Crippen LogP contribution >= 0.6 is 12.1 Å². The number of nitrogens with zero attached hydrogens (tertiary/aromatic N) is 1. The van der Waals surface area contributed by atoms with Gasteiger partial charge in [0.2, 0.25) is 0 Å². The Bertz CT molecular complexity index is 275. The summed E-state index contributed by atoms with van der Waals surface area (Å²) in [6, 6.07) is 6.95. The van der Waals surface area contributed by atoms with E-state index in [0.717, 1.165) is 5.56 Å². The van der Waals surface area contributed by atoms with Crippen molar-refractivity contribution in [1.29, 1.82) is 0 Å². The molecule has 0 amide bonds. The highest BCUT2D eigenvalue weighted by Crippen LogP contribution is 2.18. The van der Waals surface area contributed by atoms with Crippen LogP contribution in [-0.4, -0.2) is 12.8 Å². The molecule has 0 heterocycles. The van der Waals surface area contributed by atoms with Crippen molar-refractivity contribution in [2.75, 3.05) is 6.61 Å². The number of halogens is 1. The molecule has 0 aliphatic rings. The van der Waals surface area contributed by atoms with Gasteiger partial charge in [-0.05, 0) is 24.6 Å². The molecule has 2 nitrogen and oxygen atoms in total. The van der Waals surface area contributed by atoms with Gasteiger partial charge in [-0.1, -0.05) is 45.0 Å². The molecule has 0 N–H and O–H groups in total. The van der Waals surface area contributed by atoms with Crippen molar-refractivity contribution in [3.05, 3.63) is 29.8 Å². The third kappa shape index (κ3) is 9.87. The normalized spacial score (nSPS) is 8.82. The third-order valence-electron chi connectivity index (χ3n) is 1.37. The fourth-order valence-electron chi connectivity index (χ4n) is 0.778. The SMILES string of the molecule is CC.CC.CCO/N=C/c1ccc(SF)cc1. The third-order valence-corrected chi connectivity index (χ3v) is 1.82. The molecule has 1 aromatic carbocycles. The maximum Gasteiger partial charge on any atom is 0.114 e. The number of hydrogen-bond acceptors (Lipinski definition) is 3. The molecule has 17 heavy (non-hydrogen) atoms. The van der Waals surface area contributed by atoms with Crippen molar-refractivity contribution < 1.29 is 8.72 Å². The summed E-state index contributed by atoms with van der Waals surface area (Å²) in [4.78, 5) is 5.38. The number of hydrogen-bond donors (Lipinski definition) is 0. The predicted molar refractivity (Wildman–Crippen MR) is 75.3 cm³/mol. The Hall–Kier alpha value is -1.03. The van der Waals surface area contributed by atoms with Gasteiger partial charge in [-0.2, -0.15) is 3.89 Å². The van der Waals surface area contributed by atoms with Crippen LogP contribution in [0.5, 0.6) is 0 Å². The first kappa shape index (κ1) is 18.3. The molecular formula is C13H22FNOS. The summed E-state index contributed by atoms with van der Waals surface area (Å²) in [6.45, 7) is 10.4. The molecule has 1 aromatic rings. The van der Waals surface area contributed by atoms with Crippen molar-refractivity contribution in [2.24, 2.45) is 5.16 Å². The lowest BCUT2D eigenvalue weighted by atomic mass is 10.2. The topological polar surface area (TPSA) is 21.6 Å². The molecular weight excluding hydrogens is 237 g/mol. The highest BCUT2D eigenvalue weighted by molar-refractivity contribution is 7.94. The van der Waals surface area contributed by atoms with E-state index in [0.29, 0.717) is 11.5 Å². The standard InChI is InChI=1S/C9H10FNOS.2C2H6/c1-2-12-11-7-8-3-5-9(13-10)6-4-8;2*1-2/h3-7H,2H2,1H3;2*1-2H3/b11-7+;;. The molecule has 0 unspecified atom stereocenters. The van der Waals surface area contributed by atoms with Crippen LogP contribution in [0.3, 0.4) is 0 Å². The minimum atomic E-state index is 0.230. The molecule has 0 saturated carbocycles. The number of rotatable bonds is 4. The average molecular weight is 259 g/mol. The van der Waals surface area contributed by atoms with E-state index in [1.54, 1.807) is 30.5 Å². The Morgan fingerprint density at radius 1 is 1.18 bits per heavy atom. The van der Waals surface area contributed by atoms with E-state index in [1.807, 2.05) is 34.6 Å². The van der Waals surface area contributed by atoms with Crippen molar-refractivity contribution in [2.45, 2.75) is 39.5 Å². The fraction of sp³-hybridized carbons (Fsp3) is 0.462. The Morgan fingerprint density at radius 2 is 1.71 bits per heavy atom. The molecule has 98 valence electrons. The minimum absolute atomic E-state index is 0.230. The largest absolute Gasteiger partial charge is 0.396 e. The summed E-state index contributed by atoms with van der Waals surface area (Å²) >= 11 is 0.230. The van der Waals surface area contributed by atoms with Crippen LogP contribution in [0.4, 0.5) is 3.89 Å². The van der Waals surface area contributed by atoms with Crippen LogP contribution in [0.25, 0.3) is 0 Å². The predicted octanol–water partition coefficient (Wildman–Crippen LogP) is 5.09. The monoisotopic (exact) mass is 259 g/mol. The van der Waals surface area contributed by atoms with Crippen LogP contribution in [0.1, 0.15) is 40.2 Å². The van der Waals surface area contributed by atoms with Crippen molar-refractivity contribution >= 4 is 18.4 Å². The van der Waals surface area contributed by atoms with E-state index in [4.69, 9.17) is 4.84 Å². The molecule has 4 heteroatoms. The second-order valence-electron chi connectivity index (χ2n) is 2.30. The van der Waals surface area contributed by atoms with Gasteiger partial charge in [0.1, 0.15) is 6.61 Å². The van der Waals surface area contributed by atoms with E-state index < -0.39 is 0 Å². The lowest BCUT2D eigenvalue weighted by Crippen LogP contribution is -1.83. The molecule has 0 atom stereocenters. The van der Waals surface area contributed by atoms with Crippen molar-refractivity contribution in [3.8, 4) is 0 Å². The van der Waals surface area contributed by atoms with Crippen LogP contribution in [0.2, 0.25) is 0 Å². The zero-order valence-corrected chi connectivity index (χ0v) is 12.1. The maximum absolute atomic E-state index is 12.0. The smallest absolute Gasteiger partial charge is 0.114 e. The zero-order chi connectivity index (χ0) is 13.5. The molecule has 0 radical (unpaired) electrons. The summed E-state index contributed by atoms with van der Waals surface area (Å²) in [5.74, 6) is 0. The summed E-state index contributed by atoms with van der Waals surface area (Å²) < 4.78 is 12.0. The van der Waals surface area contributed by atoms with E-state index in [1.165, 1.54) is 0 Å². The highest BCUT2D eigenvalue weighted by atomic mass is 32.2. The number of benzene rings is 1. The van der Waals surface area contributed by atoms with Gasteiger partial charge < -0.3 is 4.84 Å². The quantitative estimate of drug-likeness (QED) is 0.555. The summed E-state index contributed by atoms with van der Waals surface area (Å²) in [5, 5.41) is 3.69. The first-order valence-electron chi connectivity index (χ1n) is 5.91. The first-order valence-corrected chi connectivity index (χ1v) is 6.62. The molecule has 0 bridgehead atoms. The fourth-order valence-corrected chi connectivity index (χ4v) is 1.02. The summed E-state index contributed by atoms with van der Waals surface area (Å²) in [7, 11) is 0. The van der Waals surface area contributed by atoms with Gasteiger partial charge in [-0.25, -0.2) is 0 Å². The number of oxime groups is 1. The van der Waals surface area contributed by atoms with Gasteiger partial charge in [0.25, 0.3) is 0 Å². The Morgan fingerprint density at radius 3 is 2.12 bits per heavy atom. The van der Waals surface area contributed by atoms with Crippen LogP contribution in [0, 0.1) is 0 Å². The van der Waals surface area contributed by atoms with Crippen LogP contribution < -0.4 is 0 Å². The molecule has 0 fully saturated rings. The van der Waals surface area contributed by atoms with Crippen LogP contribution in [0.15, 0.2) is 34.3 Å². The van der Waals surface area contributed by atoms with E-state index >= 15 is 0 Å². The molecule has 0 saturated heterocycles. The lowest BCUT2D eigenvalue weighted by molar-refractivity contribution is 0.160. The second kappa shape index (κ2) is 15.0. The highest BCUT2D eigenvalue weighted by Gasteiger charge is 1.91. The molecule has 0 spiro atoms. The lowest BCUT2D eigenvalue weighted by Gasteiger charge is -1.94. The van der Waals surface area contributed by atoms with Gasteiger partial charge >= 0.3 is 0 Å². The van der Waals surface area contributed by atoms with E-state index in [-0.39, 0.29) is 12.1 Å². The molecule has 1 rings (SSSR count). The molecule has 0 aromatic heterocycles. The van der Waals surface area contributed by atoms with Gasteiger partial charge in [0.15, 0.2) is 0 Å². The minimum Gasteiger partial charge on any atom is -0.396 e. The summed E-state index contributed by atoms with van der Waals surface area (Å²) in [6.07, 6.45) is 1.59. The van der Waals surface area contributed by atoms with Crippen LogP contribution in [-0.2, 0) is 4.84 Å². The van der Waals surface area contributed by atoms with E-state index in [9.17, 15) is 3.89 Å².